The highest BCUT2D eigenvalue weighted by atomic mass is 35.5. The summed E-state index contributed by atoms with van der Waals surface area (Å²) >= 11 is 12.5. The largest absolute Gasteiger partial charge is 0.489 e. The van der Waals surface area contributed by atoms with E-state index in [9.17, 15) is 9.59 Å². The van der Waals surface area contributed by atoms with Gasteiger partial charge in [-0.15, -0.1) is 0 Å². The maximum Gasteiger partial charge on any atom is 0.338 e. The Hall–Kier alpha value is -3.48. The van der Waals surface area contributed by atoms with Gasteiger partial charge in [-0.2, -0.15) is 0 Å². The number of rotatable bonds is 6. The van der Waals surface area contributed by atoms with Gasteiger partial charge in [0.15, 0.2) is 0 Å². The molecule has 6 nitrogen and oxygen atoms in total. The Bertz CT molecular complexity index is 1210. The first kappa shape index (κ1) is 22.7. The number of amides is 2. The average molecular weight is 483 g/mol. The van der Waals surface area contributed by atoms with Crippen molar-refractivity contribution in [3.8, 4) is 5.75 Å². The van der Waals surface area contributed by atoms with Crippen LogP contribution in [0.15, 0.2) is 78.4 Å². The van der Waals surface area contributed by atoms with Gasteiger partial charge in [0.05, 0.1) is 24.4 Å². The number of urea groups is 1. The number of methoxy groups -OCH3 is 1. The van der Waals surface area contributed by atoms with Crippen LogP contribution in [0.2, 0.25) is 10.0 Å². The van der Waals surface area contributed by atoms with Crippen molar-refractivity contribution in [2.75, 3.05) is 7.11 Å². The Balaban J connectivity index is 1.69. The predicted octanol–water partition coefficient (Wildman–Crippen LogP) is 5.51. The number of benzene rings is 3. The lowest BCUT2D eigenvalue weighted by atomic mass is 9.92. The van der Waals surface area contributed by atoms with Crippen molar-refractivity contribution in [3.63, 3.8) is 0 Å². The summed E-state index contributed by atoms with van der Waals surface area (Å²) in [6.07, 6.45) is 0. The molecule has 0 aromatic heterocycles. The lowest BCUT2D eigenvalue weighted by molar-refractivity contribution is -0.136. The molecular weight excluding hydrogens is 463 g/mol. The van der Waals surface area contributed by atoms with Crippen LogP contribution in [-0.4, -0.2) is 19.1 Å². The number of carbonyl (C=O) groups is 2. The second-order valence-electron chi connectivity index (χ2n) is 7.24. The zero-order valence-corrected chi connectivity index (χ0v) is 19.1. The molecule has 0 saturated heterocycles. The smallest absolute Gasteiger partial charge is 0.338 e. The molecule has 0 saturated carbocycles. The first-order valence-electron chi connectivity index (χ1n) is 10.1. The van der Waals surface area contributed by atoms with Gasteiger partial charge in [-0.1, -0.05) is 71.7 Å². The van der Waals surface area contributed by atoms with Gasteiger partial charge in [-0.05, 0) is 35.4 Å². The minimum atomic E-state index is -0.742. The van der Waals surface area contributed by atoms with Gasteiger partial charge in [-0.3, -0.25) is 0 Å². The predicted molar refractivity (Wildman–Crippen MR) is 127 cm³/mol. The molecule has 33 heavy (non-hydrogen) atoms. The Morgan fingerprint density at radius 1 is 0.970 bits per heavy atom. The maximum atomic E-state index is 12.8. The standard InChI is InChI=1S/C25H20Cl2N2O4/c1-32-24(30)21-22(15-7-3-2-4-8-15)28-25(31)29-23(21)16-9-5-10-17(13-16)33-14-18-19(26)11-6-12-20(18)27/h2-13,23H,14H2,1H3,(H2,28,29,31). The summed E-state index contributed by atoms with van der Waals surface area (Å²) in [6.45, 7) is 0.162. The van der Waals surface area contributed by atoms with Crippen molar-refractivity contribution in [3.05, 3.63) is 105 Å². The number of ether oxygens (including phenoxy) is 2. The molecule has 1 unspecified atom stereocenters. The van der Waals surface area contributed by atoms with Crippen molar-refractivity contribution in [2.24, 2.45) is 0 Å². The van der Waals surface area contributed by atoms with E-state index in [2.05, 4.69) is 10.6 Å². The van der Waals surface area contributed by atoms with Gasteiger partial charge >= 0.3 is 12.0 Å². The molecule has 8 heteroatoms. The van der Waals surface area contributed by atoms with Crippen LogP contribution in [0.1, 0.15) is 22.7 Å². The average Bonchev–Trinajstić information content (AvgIpc) is 2.83. The van der Waals surface area contributed by atoms with E-state index in [4.69, 9.17) is 32.7 Å². The van der Waals surface area contributed by atoms with Crippen LogP contribution in [-0.2, 0) is 16.1 Å². The molecule has 4 rings (SSSR count). The number of nitrogens with one attached hydrogen (secondary N) is 2. The topological polar surface area (TPSA) is 76.7 Å². The fourth-order valence-corrected chi connectivity index (χ4v) is 4.09. The molecule has 1 aliphatic heterocycles. The normalized spacial score (nSPS) is 15.5. The van der Waals surface area contributed by atoms with Crippen LogP contribution in [0.5, 0.6) is 5.75 Å². The zero-order valence-electron chi connectivity index (χ0n) is 17.6. The van der Waals surface area contributed by atoms with E-state index in [0.717, 1.165) is 0 Å². The number of hydrogen-bond acceptors (Lipinski definition) is 4. The number of halogens is 2. The number of esters is 1. The van der Waals surface area contributed by atoms with Gasteiger partial charge in [0.25, 0.3) is 0 Å². The third-order valence-electron chi connectivity index (χ3n) is 5.18. The summed E-state index contributed by atoms with van der Waals surface area (Å²) in [6, 6.07) is 20.3. The SMILES string of the molecule is COC(=O)C1=C(c2ccccc2)NC(=O)NC1c1cccc(OCc2c(Cl)cccc2Cl)c1. The van der Waals surface area contributed by atoms with Crippen LogP contribution >= 0.6 is 23.2 Å². The molecule has 0 radical (unpaired) electrons. The fraction of sp³-hybridized carbons (Fsp3) is 0.120. The van der Waals surface area contributed by atoms with Crippen molar-refractivity contribution in [1.82, 2.24) is 10.6 Å². The quantitative estimate of drug-likeness (QED) is 0.454. The summed E-state index contributed by atoms with van der Waals surface area (Å²) in [5.74, 6) is -0.0257. The molecule has 0 bridgehead atoms. The zero-order chi connectivity index (χ0) is 23.4. The van der Waals surface area contributed by atoms with Gasteiger partial charge in [0, 0.05) is 15.6 Å². The summed E-state index contributed by atoms with van der Waals surface area (Å²) in [5.41, 5.74) is 2.70. The van der Waals surface area contributed by atoms with E-state index < -0.39 is 18.0 Å². The highest BCUT2D eigenvalue weighted by Crippen LogP contribution is 2.33. The molecule has 0 fully saturated rings. The molecule has 1 atom stereocenters. The van der Waals surface area contributed by atoms with E-state index in [0.29, 0.717) is 38.2 Å². The molecule has 0 spiro atoms. The molecule has 3 aromatic rings. The Morgan fingerprint density at radius 2 is 1.67 bits per heavy atom. The molecule has 3 aromatic carbocycles. The van der Waals surface area contributed by atoms with Crippen molar-refractivity contribution in [1.29, 1.82) is 0 Å². The second-order valence-corrected chi connectivity index (χ2v) is 8.05. The van der Waals surface area contributed by atoms with Crippen molar-refractivity contribution < 1.29 is 19.1 Å². The van der Waals surface area contributed by atoms with Crippen LogP contribution in [0.25, 0.3) is 5.70 Å². The minimum absolute atomic E-state index is 0.162. The summed E-state index contributed by atoms with van der Waals surface area (Å²) in [4.78, 5) is 25.3. The Labute approximate surface area is 201 Å². The third-order valence-corrected chi connectivity index (χ3v) is 5.88. The van der Waals surface area contributed by atoms with E-state index in [-0.39, 0.29) is 12.2 Å². The number of carbonyl (C=O) groups excluding carboxylic acids is 2. The summed E-state index contributed by atoms with van der Waals surface area (Å²) < 4.78 is 11.0. The molecule has 1 heterocycles. The molecule has 2 amide bonds. The summed E-state index contributed by atoms with van der Waals surface area (Å²) in [7, 11) is 1.30. The van der Waals surface area contributed by atoms with Crippen LogP contribution in [0.4, 0.5) is 4.79 Å². The van der Waals surface area contributed by atoms with E-state index >= 15 is 0 Å². The van der Waals surface area contributed by atoms with E-state index in [1.165, 1.54) is 7.11 Å². The lowest BCUT2D eigenvalue weighted by Gasteiger charge is -2.29. The fourth-order valence-electron chi connectivity index (χ4n) is 3.59. The van der Waals surface area contributed by atoms with Gasteiger partial charge < -0.3 is 20.1 Å². The van der Waals surface area contributed by atoms with Crippen molar-refractivity contribution in [2.45, 2.75) is 12.6 Å². The van der Waals surface area contributed by atoms with Crippen LogP contribution in [0, 0.1) is 0 Å². The van der Waals surface area contributed by atoms with Crippen LogP contribution in [0.3, 0.4) is 0 Å². The second kappa shape index (κ2) is 9.98. The molecule has 2 N–H and O–H groups in total. The molecule has 0 aliphatic carbocycles. The molecule has 168 valence electrons. The van der Waals surface area contributed by atoms with Gasteiger partial charge in [0.2, 0.25) is 0 Å². The van der Waals surface area contributed by atoms with Gasteiger partial charge in [-0.25, -0.2) is 9.59 Å². The maximum absolute atomic E-state index is 12.8. The number of hydrogen-bond donors (Lipinski definition) is 2. The first-order valence-corrected chi connectivity index (χ1v) is 10.8. The van der Waals surface area contributed by atoms with Crippen LogP contribution < -0.4 is 15.4 Å². The monoisotopic (exact) mass is 482 g/mol. The molecule has 1 aliphatic rings. The van der Waals surface area contributed by atoms with E-state index in [1.54, 1.807) is 42.5 Å². The summed E-state index contributed by atoms with van der Waals surface area (Å²) in [5, 5.41) is 6.56. The van der Waals surface area contributed by atoms with Gasteiger partial charge in [0.1, 0.15) is 12.4 Å². The Kier molecular flexibility index (Phi) is 6.87. The highest BCUT2D eigenvalue weighted by Gasteiger charge is 2.34. The van der Waals surface area contributed by atoms with Crippen molar-refractivity contribution >= 4 is 40.9 Å². The first-order chi connectivity index (χ1) is 16.0. The Morgan fingerprint density at radius 3 is 2.36 bits per heavy atom. The lowest BCUT2D eigenvalue weighted by Crippen LogP contribution is -2.45. The highest BCUT2D eigenvalue weighted by molar-refractivity contribution is 6.35. The minimum Gasteiger partial charge on any atom is -0.489 e. The third kappa shape index (κ3) is 4.97. The van der Waals surface area contributed by atoms with E-state index in [1.807, 2.05) is 30.3 Å². The molecular formula is C25H20Cl2N2O4.